The number of alkyl halides is 3. The molecule has 2 N–H and O–H groups in total. The molecule has 3 nitrogen and oxygen atoms in total. The van der Waals surface area contributed by atoms with Crippen LogP contribution in [0.3, 0.4) is 0 Å². The molecule has 1 aromatic heterocycles. The number of nitrogens with two attached hydrogens (primary N) is 1. The van der Waals surface area contributed by atoms with Crippen molar-refractivity contribution in [3.63, 3.8) is 0 Å². The third-order valence-corrected chi connectivity index (χ3v) is 2.52. The second kappa shape index (κ2) is 5.16. The molecular weight excluding hydrogens is 300 g/mol. The van der Waals surface area contributed by atoms with Gasteiger partial charge in [0.25, 0.3) is 0 Å². The number of hydrogen-bond acceptors (Lipinski definition) is 3. The molecule has 106 valence electrons. The highest BCUT2D eigenvalue weighted by molar-refractivity contribution is 6.29. The molecule has 1 aromatic carbocycles. The van der Waals surface area contributed by atoms with Gasteiger partial charge < -0.3 is 10.5 Å². The molecule has 0 amide bonds. The van der Waals surface area contributed by atoms with Crippen LogP contribution >= 0.6 is 11.6 Å². The number of ether oxygens (including phenoxy) is 1. The smallest absolute Gasteiger partial charge is 0.419 e. The van der Waals surface area contributed by atoms with E-state index in [1.807, 2.05) is 0 Å². The summed E-state index contributed by atoms with van der Waals surface area (Å²) in [7, 11) is 0. The summed E-state index contributed by atoms with van der Waals surface area (Å²) in [5, 5.41) is 0.0624. The van der Waals surface area contributed by atoms with Gasteiger partial charge in [0.15, 0.2) is 0 Å². The van der Waals surface area contributed by atoms with Gasteiger partial charge in [0.05, 0.1) is 11.3 Å². The van der Waals surface area contributed by atoms with Gasteiger partial charge in [0, 0.05) is 0 Å². The number of hydrogen-bond donors (Lipinski definition) is 1. The number of benzene rings is 1. The Morgan fingerprint density at radius 3 is 2.50 bits per heavy atom. The van der Waals surface area contributed by atoms with Crippen LogP contribution in [-0.4, -0.2) is 4.98 Å². The van der Waals surface area contributed by atoms with E-state index in [9.17, 15) is 17.6 Å². The Balaban J connectivity index is 2.37. The highest BCUT2D eigenvalue weighted by atomic mass is 35.5. The van der Waals surface area contributed by atoms with E-state index in [1.54, 1.807) is 0 Å². The van der Waals surface area contributed by atoms with Gasteiger partial charge in [-0.15, -0.1) is 0 Å². The minimum absolute atomic E-state index is 0.0624. The Hall–Kier alpha value is -2.02. The molecule has 0 radical (unpaired) electrons. The maximum absolute atomic E-state index is 13.1. The van der Waals surface area contributed by atoms with Gasteiger partial charge in [-0.2, -0.15) is 18.2 Å². The highest BCUT2D eigenvalue weighted by Gasteiger charge is 2.34. The molecule has 0 aliphatic carbocycles. The molecular formula is C12H7ClF4N2O. The number of rotatable bonds is 2. The number of halogens is 5. The average molecular weight is 307 g/mol. The summed E-state index contributed by atoms with van der Waals surface area (Å²) in [5.41, 5.74) is 4.20. The van der Waals surface area contributed by atoms with Crippen LogP contribution in [0.5, 0.6) is 11.6 Å². The molecule has 2 rings (SSSR count). The molecule has 8 heteroatoms. The van der Waals surface area contributed by atoms with Gasteiger partial charge in [-0.05, 0) is 30.3 Å². The summed E-state index contributed by atoms with van der Waals surface area (Å²) in [6.45, 7) is 0. The zero-order valence-electron chi connectivity index (χ0n) is 9.71. The normalized spacial score (nSPS) is 11.4. The largest absolute Gasteiger partial charge is 0.437 e. The van der Waals surface area contributed by atoms with Crippen molar-refractivity contribution in [1.82, 2.24) is 4.98 Å². The van der Waals surface area contributed by atoms with Crippen molar-refractivity contribution in [2.75, 3.05) is 5.73 Å². The van der Waals surface area contributed by atoms with Crippen LogP contribution in [0.2, 0.25) is 5.15 Å². The highest BCUT2D eigenvalue weighted by Crippen LogP contribution is 2.35. The first-order valence-corrected chi connectivity index (χ1v) is 5.62. The number of nitrogen functional groups attached to an aromatic ring is 1. The van der Waals surface area contributed by atoms with Crippen molar-refractivity contribution >= 4 is 17.3 Å². The van der Waals surface area contributed by atoms with E-state index in [2.05, 4.69) is 4.98 Å². The maximum Gasteiger partial charge on any atom is 0.419 e. The lowest BCUT2D eigenvalue weighted by Gasteiger charge is -2.11. The van der Waals surface area contributed by atoms with Crippen molar-refractivity contribution in [2.45, 2.75) is 6.18 Å². The van der Waals surface area contributed by atoms with Crippen molar-refractivity contribution in [3.05, 3.63) is 46.9 Å². The number of nitrogens with zero attached hydrogens (tertiary/aromatic N) is 1. The van der Waals surface area contributed by atoms with Gasteiger partial charge in [-0.1, -0.05) is 11.6 Å². The zero-order valence-corrected chi connectivity index (χ0v) is 10.5. The lowest BCUT2D eigenvalue weighted by Crippen LogP contribution is -2.08. The van der Waals surface area contributed by atoms with Crippen molar-refractivity contribution in [2.24, 2.45) is 0 Å². The molecule has 0 fully saturated rings. The predicted octanol–water partition coefficient (Wildman–Crippen LogP) is 4.27. The Kier molecular flexibility index (Phi) is 3.71. The van der Waals surface area contributed by atoms with Gasteiger partial charge in [-0.25, -0.2) is 4.39 Å². The lowest BCUT2D eigenvalue weighted by atomic mass is 10.2. The molecule has 0 aliphatic heterocycles. The summed E-state index contributed by atoms with van der Waals surface area (Å²) < 4.78 is 55.9. The first kappa shape index (κ1) is 14.4. The molecule has 0 saturated heterocycles. The van der Waals surface area contributed by atoms with Gasteiger partial charge >= 0.3 is 6.18 Å². The molecule has 0 saturated carbocycles. The fraction of sp³-hybridized carbons (Fsp3) is 0.0833. The molecule has 2 aromatic rings. The van der Waals surface area contributed by atoms with Gasteiger partial charge in [0.1, 0.15) is 16.7 Å². The van der Waals surface area contributed by atoms with Gasteiger partial charge in [0.2, 0.25) is 5.88 Å². The number of pyridine rings is 1. The van der Waals surface area contributed by atoms with E-state index in [0.717, 1.165) is 6.07 Å². The van der Waals surface area contributed by atoms with E-state index in [-0.39, 0.29) is 22.5 Å². The van der Waals surface area contributed by atoms with Crippen molar-refractivity contribution in [3.8, 4) is 11.6 Å². The van der Waals surface area contributed by atoms with Gasteiger partial charge in [-0.3, -0.25) is 0 Å². The molecule has 0 bridgehead atoms. The van der Waals surface area contributed by atoms with E-state index >= 15 is 0 Å². The van der Waals surface area contributed by atoms with Crippen LogP contribution < -0.4 is 10.5 Å². The maximum atomic E-state index is 13.1. The fourth-order valence-electron chi connectivity index (χ4n) is 1.41. The van der Waals surface area contributed by atoms with Crippen LogP contribution in [0.25, 0.3) is 0 Å². The minimum Gasteiger partial charge on any atom is -0.437 e. The third-order valence-electron chi connectivity index (χ3n) is 2.31. The topological polar surface area (TPSA) is 48.1 Å². The zero-order chi connectivity index (χ0) is 14.9. The molecule has 0 unspecified atom stereocenters. The fourth-order valence-corrected chi connectivity index (χ4v) is 1.55. The molecule has 0 aliphatic rings. The third kappa shape index (κ3) is 3.11. The summed E-state index contributed by atoms with van der Waals surface area (Å²) >= 11 is 5.63. The van der Waals surface area contributed by atoms with E-state index < -0.39 is 17.6 Å². The summed E-state index contributed by atoms with van der Waals surface area (Å²) in [6, 6.07) is 5.00. The van der Waals surface area contributed by atoms with Crippen LogP contribution in [0.1, 0.15) is 5.56 Å². The first-order valence-electron chi connectivity index (χ1n) is 5.24. The second-order valence-electron chi connectivity index (χ2n) is 3.77. The van der Waals surface area contributed by atoms with E-state index in [4.69, 9.17) is 22.1 Å². The molecule has 1 heterocycles. The van der Waals surface area contributed by atoms with Crippen LogP contribution in [-0.2, 0) is 6.18 Å². The quantitative estimate of drug-likeness (QED) is 0.666. The van der Waals surface area contributed by atoms with Crippen LogP contribution in [0.4, 0.5) is 23.2 Å². The molecule has 0 spiro atoms. The predicted molar refractivity (Wildman–Crippen MR) is 65.1 cm³/mol. The standard InChI is InChI=1S/C12H7ClF4N2O/c13-10-4-3-9(18)11(19-10)20-6-1-2-8(14)7(5-6)12(15,16)17/h1-5H,18H2. The SMILES string of the molecule is Nc1ccc(Cl)nc1Oc1ccc(F)c(C(F)(F)F)c1. The molecule has 0 atom stereocenters. The lowest BCUT2D eigenvalue weighted by molar-refractivity contribution is -0.140. The van der Waals surface area contributed by atoms with Crippen molar-refractivity contribution < 1.29 is 22.3 Å². The minimum atomic E-state index is -4.82. The Morgan fingerprint density at radius 2 is 1.85 bits per heavy atom. The summed E-state index contributed by atoms with van der Waals surface area (Å²) in [5.74, 6) is -1.80. The monoisotopic (exact) mass is 306 g/mol. The summed E-state index contributed by atoms with van der Waals surface area (Å²) in [6.07, 6.45) is -4.82. The summed E-state index contributed by atoms with van der Waals surface area (Å²) in [4.78, 5) is 3.73. The Bertz CT molecular complexity index is 646. The van der Waals surface area contributed by atoms with E-state index in [1.165, 1.54) is 12.1 Å². The van der Waals surface area contributed by atoms with Crippen LogP contribution in [0.15, 0.2) is 30.3 Å². The van der Waals surface area contributed by atoms with Crippen molar-refractivity contribution in [1.29, 1.82) is 0 Å². The van der Waals surface area contributed by atoms with E-state index in [0.29, 0.717) is 12.1 Å². The second-order valence-corrected chi connectivity index (χ2v) is 4.16. The number of anilines is 1. The number of aromatic nitrogens is 1. The first-order chi connectivity index (χ1) is 9.27. The Morgan fingerprint density at radius 1 is 1.15 bits per heavy atom. The average Bonchev–Trinajstić information content (AvgIpc) is 2.35. The van der Waals surface area contributed by atoms with Crippen LogP contribution in [0, 0.1) is 5.82 Å². The molecule has 20 heavy (non-hydrogen) atoms. The Labute approximate surface area is 115 Å².